The summed E-state index contributed by atoms with van der Waals surface area (Å²) in [6.07, 6.45) is 4.59. The second-order valence-corrected chi connectivity index (χ2v) is 8.70. The summed E-state index contributed by atoms with van der Waals surface area (Å²) in [6, 6.07) is 13.8. The number of benzene rings is 2. The first-order chi connectivity index (χ1) is 13.5. The van der Waals surface area contributed by atoms with E-state index in [1.807, 2.05) is 0 Å². The molecule has 2 N–H and O–H groups in total. The largest absolute Gasteiger partial charge is 0.497 e. The van der Waals surface area contributed by atoms with Crippen LogP contribution in [0.25, 0.3) is 0 Å². The molecule has 0 atom stereocenters. The van der Waals surface area contributed by atoms with Crippen LogP contribution in [0.5, 0.6) is 5.75 Å². The molecule has 0 radical (unpaired) electrons. The quantitative estimate of drug-likeness (QED) is 0.711. The molecule has 1 amide bonds. The molecular formula is C21H26N2O4S. The fourth-order valence-corrected chi connectivity index (χ4v) is 4.64. The first-order valence-corrected chi connectivity index (χ1v) is 11.0. The lowest BCUT2D eigenvalue weighted by atomic mass is 10.1. The molecule has 0 saturated heterocycles. The average Bonchev–Trinajstić information content (AvgIpc) is 3.20. The highest BCUT2D eigenvalue weighted by atomic mass is 32.2. The van der Waals surface area contributed by atoms with E-state index in [9.17, 15) is 13.2 Å². The van der Waals surface area contributed by atoms with Gasteiger partial charge in [0.15, 0.2) is 0 Å². The lowest BCUT2D eigenvalue weighted by Crippen LogP contribution is -2.32. The van der Waals surface area contributed by atoms with E-state index in [2.05, 4.69) is 10.0 Å². The van der Waals surface area contributed by atoms with Crippen LogP contribution in [0, 0.1) is 0 Å². The van der Waals surface area contributed by atoms with Crippen molar-refractivity contribution in [3.8, 4) is 5.75 Å². The van der Waals surface area contributed by atoms with Gasteiger partial charge in [-0.15, -0.1) is 0 Å². The molecule has 1 fully saturated rings. The van der Waals surface area contributed by atoms with Gasteiger partial charge < -0.3 is 10.1 Å². The highest BCUT2D eigenvalue weighted by Crippen LogP contribution is 2.20. The maximum Gasteiger partial charge on any atom is 0.251 e. The van der Waals surface area contributed by atoms with Crippen molar-refractivity contribution in [3.05, 3.63) is 59.7 Å². The van der Waals surface area contributed by atoms with Crippen LogP contribution < -0.4 is 14.8 Å². The maximum atomic E-state index is 12.4. The van der Waals surface area contributed by atoms with Gasteiger partial charge in [0.05, 0.1) is 12.0 Å². The van der Waals surface area contributed by atoms with Crippen LogP contribution in [0.3, 0.4) is 0 Å². The minimum atomic E-state index is -3.47. The maximum absolute atomic E-state index is 12.4. The SMILES string of the molecule is COc1ccc(C(=O)NCCc2ccc(S(=O)(=O)NC3CCCC3)cc2)cc1. The Kier molecular flexibility index (Phi) is 6.70. The van der Waals surface area contributed by atoms with E-state index >= 15 is 0 Å². The van der Waals surface area contributed by atoms with Crippen LogP contribution in [0.2, 0.25) is 0 Å². The third-order valence-electron chi connectivity index (χ3n) is 4.96. The van der Waals surface area contributed by atoms with E-state index in [-0.39, 0.29) is 16.8 Å². The van der Waals surface area contributed by atoms with Gasteiger partial charge in [-0.05, 0) is 61.2 Å². The number of carbonyl (C=O) groups excluding carboxylic acids is 1. The Labute approximate surface area is 166 Å². The highest BCUT2D eigenvalue weighted by Gasteiger charge is 2.22. The van der Waals surface area contributed by atoms with E-state index in [0.29, 0.717) is 24.3 Å². The minimum Gasteiger partial charge on any atom is -0.497 e. The molecular weight excluding hydrogens is 376 g/mol. The van der Waals surface area contributed by atoms with Gasteiger partial charge >= 0.3 is 0 Å². The molecule has 6 nitrogen and oxygen atoms in total. The Bertz CT molecular complexity index is 887. The monoisotopic (exact) mass is 402 g/mol. The van der Waals surface area contributed by atoms with Gasteiger partial charge in [0.1, 0.15) is 5.75 Å². The molecule has 2 aromatic carbocycles. The van der Waals surface area contributed by atoms with Gasteiger partial charge in [0.2, 0.25) is 10.0 Å². The molecule has 0 heterocycles. The molecule has 28 heavy (non-hydrogen) atoms. The normalized spacial score (nSPS) is 14.8. The summed E-state index contributed by atoms with van der Waals surface area (Å²) in [7, 11) is -1.89. The molecule has 2 aromatic rings. The third-order valence-corrected chi connectivity index (χ3v) is 6.50. The van der Waals surface area contributed by atoms with E-state index in [0.717, 1.165) is 31.2 Å². The molecule has 1 aliphatic rings. The summed E-state index contributed by atoms with van der Waals surface area (Å²) in [4.78, 5) is 12.4. The van der Waals surface area contributed by atoms with Crippen molar-refractivity contribution in [2.75, 3.05) is 13.7 Å². The van der Waals surface area contributed by atoms with Crippen molar-refractivity contribution in [3.63, 3.8) is 0 Å². The fraction of sp³-hybridized carbons (Fsp3) is 0.381. The Hall–Kier alpha value is -2.38. The Morgan fingerprint density at radius 1 is 1.04 bits per heavy atom. The van der Waals surface area contributed by atoms with Gasteiger partial charge in [0.25, 0.3) is 5.91 Å². The van der Waals surface area contributed by atoms with Crippen LogP contribution in [0.4, 0.5) is 0 Å². The smallest absolute Gasteiger partial charge is 0.251 e. The zero-order chi connectivity index (χ0) is 20.0. The summed E-state index contributed by atoms with van der Waals surface area (Å²) < 4.78 is 32.7. The van der Waals surface area contributed by atoms with E-state index in [1.54, 1.807) is 55.6 Å². The van der Waals surface area contributed by atoms with Crippen LogP contribution >= 0.6 is 0 Å². The summed E-state index contributed by atoms with van der Waals surface area (Å²) in [5, 5.41) is 2.87. The summed E-state index contributed by atoms with van der Waals surface area (Å²) in [6.45, 7) is 0.470. The Balaban J connectivity index is 1.50. The molecule has 0 unspecified atom stereocenters. The summed E-state index contributed by atoms with van der Waals surface area (Å²) in [5.74, 6) is 0.552. The molecule has 0 bridgehead atoms. The molecule has 1 saturated carbocycles. The number of amides is 1. The van der Waals surface area contributed by atoms with Crippen LogP contribution in [-0.2, 0) is 16.4 Å². The average molecular weight is 403 g/mol. The van der Waals surface area contributed by atoms with Gasteiger partial charge in [-0.1, -0.05) is 25.0 Å². The van der Waals surface area contributed by atoms with Crippen molar-refractivity contribution in [1.29, 1.82) is 0 Å². The summed E-state index contributed by atoms with van der Waals surface area (Å²) in [5.41, 5.74) is 1.54. The second-order valence-electron chi connectivity index (χ2n) is 6.98. The predicted molar refractivity (Wildman–Crippen MR) is 108 cm³/mol. The van der Waals surface area contributed by atoms with Gasteiger partial charge in [0, 0.05) is 18.2 Å². The molecule has 0 aromatic heterocycles. The minimum absolute atomic E-state index is 0.0536. The molecule has 1 aliphatic carbocycles. The standard InChI is InChI=1S/C21H26N2O4S/c1-27-19-10-8-17(9-11-19)21(24)22-15-14-16-6-12-20(13-7-16)28(25,26)23-18-4-2-3-5-18/h6-13,18,23H,2-5,14-15H2,1H3,(H,22,24). The Morgan fingerprint density at radius 3 is 2.29 bits per heavy atom. The topological polar surface area (TPSA) is 84.5 Å². The number of ether oxygens (including phenoxy) is 1. The second kappa shape index (κ2) is 9.21. The third kappa shape index (κ3) is 5.33. The molecule has 0 spiro atoms. The van der Waals surface area contributed by atoms with Crippen LogP contribution in [0.1, 0.15) is 41.6 Å². The summed E-state index contributed by atoms with van der Waals surface area (Å²) >= 11 is 0. The van der Waals surface area contributed by atoms with Gasteiger partial charge in [-0.3, -0.25) is 4.79 Å². The number of methoxy groups -OCH3 is 1. The first kappa shape index (κ1) is 20.4. The van der Waals surface area contributed by atoms with Crippen molar-refractivity contribution in [2.45, 2.75) is 43.0 Å². The van der Waals surface area contributed by atoms with Crippen molar-refractivity contribution < 1.29 is 17.9 Å². The number of carbonyl (C=O) groups is 1. The van der Waals surface area contributed by atoms with Crippen molar-refractivity contribution in [1.82, 2.24) is 10.0 Å². The van der Waals surface area contributed by atoms with E-state index < -0.39 is 10.0 Å². The van der Waals surface area contributed by atoms with Gasteiger partial charge in [-0.2, -0.15) is 0 Å². The van der Waals surface area contributed by atoms with Crippen molar-refractivity contribution >= 4 is 15.9 Å². The highest BCUT2D eigenvalue weighted by molar-refractivity contribution is 7.89. The van der Waals surface area contributed by atoms with Crippen LogP contribution in [0.15, 0.2) is 53.4 Å². The molecule has 0 aliphatic heterocycles. The number of sulfonamides is 1. The van der Waals surface area contributed by atoms with E-state index in [1.165, 1.54) is 0 Å². The zero-order valence-electron chi connectivity index (χ0n) is 16.0. The lowest BCUT2D eigenvalue weighted by molar-refractivity contribution is 0.0954. The first-order valence-electron chi connectivity index (χ1n) is 9.51. The van der Waals surface area contributed by atoms with Crippen LogP contribution in [-0.4, -0.2) is 34.0 Å². The number of hydrogen-bond acceptors (Lipinski definition) is 4. The molecule has 150 valence electrons. The van der Waals surface area contributed by atoms with Crippen molar-refractivity contribution in [2.24, 2.45) is 0 Å². The van der Waals surface area contributed by atoms with Gasteiger partial charge in [-0.25, -0.2) is 13.1 Å². The predicted octanol–water partition coefficient (Wildman–Crippen LogP) is 2.89. The molecule has 3 rings (SSSR count). The zero-order valence-corrected chi connectivity index (χ0v) is 16.8. The van der Waals surface area contributed by atoms with E-state index in [4.69, 9.17) is 4.74 Å². The number of nitrogens with one attached hydrogen (secondary N) is 2. The number of hydrogen-bond donors (Lipinski definition) is 2. The number of rotatable bonds is 8. The lowest BCUT2D eigenvalue weighted by Gasteiger charge is -2.13. The molecule has 7 heteroatoms. The Morgan fingerprint density at radius 2 is 1.68 bits per heavy atom. The fourth-order valence-electron chi connectivity index (χ4n) is 3.33.